The van der Waals surface area contributed by atoms with Gasteiger partial charge in [0.15, 0.2) is 0 Å². The summed E-state index contributed by atoms with van der Waals surface area (Å²) in [4.78, 5) is 24.4. The number of carboxylic acid groups (broad SMARTS) is 1. The predicted molar refractivity (Wildman–Crippen MR) is 155 cm³/mol. The molecule has 0 bridgehead atoms. The summed E-state index contributed by atoms with van der Waals surface area (Å²) in [6.07, 6.45) is 1.16. The number of nitrogens with one attached hydrogen (secondary N) is 1. The third-order valence-corrected chi connectivity index (χ3v) is 8.07. The topological polar surface area (TPSA) is 94.1 Å². The van der Waals surface area contributed by atoms with E-state index in [1.165, 1.54) is 0 Å². The van der Waals surface area contributed by atoms with Crippen LogP contribution in [0.3, 0.4) is 0 Å². The maximum absolute atomic E-state index is 12.9. The molecule has 0 aromatic heterocycles. The Balaban J connectivity index is 1.33. The summed E-state index contributed by atoms with van der Waals surface area (Å²) in [6, 6.07) is 23.7. The molecule has 1 aliphatic carbocycles. The van der Waals surface area contributed by atoms with E-state index in [0.29, 0.717) is 11.0 Å². The molecule has 0 saturated carbocycles. The number of rotatable bonds is 8. The molecule has 1 aliphatic heterocycles. The SMILES string of the molecule is CC1(C)OB(C(=Cc2ccccc2CC(=O)O)CNC(=O)OCC2c3ccccc3-c3ccccc32)OC1(C)C. The number of amides is 1. The van der Waals surface area contributed by atoms with Crippen LogP contribution in [0.1, 0.15) is 55.9 Å². The Hall–Kier alpha value is -3.88. The summed E-state index contributed by atoms with van der Waals surface area (Å²) < 4.78 is 18.3. The summed E-state index contributed by atoms with van der Waals surface area (Å²) >= 11 is 0. The van der Waals surface area contributed by atoms with Crippen LogP contribution in [0.4, 0.5) is 4.79 Å². The average molecular weight is 539 g/mol. The fraction of sp³-hybridized carbons (Fsp3) is 0.312. The van der Waals surface area contributed by atoms with Gasteiger partial charge in [0.1, 0.15) is 6.61 Å². The van der Waals surface area contributed by atoms with Gasteiger partial charge in [-0.3, -0.25) is 4.79 Å². The molecule has 3 aromatic rings. The van der Waals surface area contributed by atoms with Gasteiger partial charge in [0.05, 0.1) is 17.6 Å². The van der Waals surface area contributed by atoms with E-state index in [0.717, 1.165) is 27.8 Å². The first-order chi connectivity index (χ1) is 19.1. The van der Waals surface area contributed by atoms with Crippen molar-refractivity contribution in [1.82, 2.24) is 5.32 Å². The van der Waals surface area contributed by atoms with Crippen LogP contribution in [0.25, 0.3) is 17.2 Å². The minimum atomic E-state index is -0.921. The minimum Gasteiger partial charge on any atom is -0.481 e. The molecular formula is C32H34BNO6. The van der Waals surface area contributed by atoms with Crippen LogP contribution in [0.15, 0.2) is 78.3 Å². The molecule has 0 atom stereocenters. The molecule has 1 saturated heterocycles. The maximum Gasteiger partial charge on any atom is 0.492 e. The lowest BCUT2D eigenvalue weighted by molar-refractivity contribution is -0.136. The molecule has 2 N–H and O–H groups in total. The molecule has 1 heterocycles. The normalized spacial score (nSPS) is 17.3. The summed E-state index contributed by atoms with van der Waals surface area (Å²) in [5.41, 5.74) is 5.49. The Morgan fingerprint density at radius 2 is 1.45 bits per heavy atom. The Morgan fingerprint density at radius 1 is 0.900 bits per heavy atom. The van der Waals surface area contributed by atoms with E-state index in [9.17, 15) is 14.7 Å². The first-order valence-electron chi connectivity index (χ1n) is 13.5. The lowest BCUT2D eigenvalue weighted by Crippen LogP contribution is -2.41. The van der Waals surface area contributed by atoms with Crippen LogP contribution >= 0.6 is 0 Å². The maximum atomic E-state index is 12.9. The number of ether oxygens (including phenoxy) is 1. The zero-order valence-corrected chi connectivity index (χ0v) is 23.3. The number of carbonyl (C=O) groups excluding carboxylic acids is 1. The lowest BCUT2D eigenvalue weighted by Gasteiger charge is -2.32. The number of hydrogen-bond acceptors (Lipinski definition) is 5. The molecule has 40 heavy (non-hydrogen) atoms. The van der Waals surface area contributed by atoms with E-state index >= 15 is 0 Å². The molecule has 8 heteroatoms. The van der Waals surface area contributed by atoms with Gasteiger partial charge in [-0.25, -0.2) is 4.79 Å². The van der Waals surface area contributed by atoms with Crippen molar-refractivity contribution in [2.75, 3.05) is 13.2 Å². The summed E-state index contributed by atoms with van der Waals surface area (Å²) in [5, 5.41) is 12.2. The van der Waals surface area contributed by atoms with Crippen molar-refractivity contribution >= 4 is 25.3 Å². The van der Waals surface area contributed by atoms with Crippen molar-refractivity contribution in [2.24, 2.45) is 0 Å². The van der Waals surface area contributed by atoms with Gasteiger partial charge in [-0.15, -0.1) is 0 Å². The second-order valence-corrected chi connectivity index (χ2v) is 11.3. The number of benzene rings is 3. The van der Waals surface area contributed by atoms with Gasteiger partial charge < -0.3 is 24.5 Å². The standard InChI is InChI=1S/C32H34BNO6/c1-31(2)32(3,4)40-33(39-31)23(17-21-11-5-6-12-22(21)18-29(35)36)19-34-30(37)38-20-28-26-15-9-7-13-24(26)25-14-8-10-16-27(25)28/h5-17,28H,18-20H2,1-4H3,(H,34,37)(H,35,36). The van der Waals surface area contributed by atoms with Crippen LogP contribution in [-0.2, 0) is 25.3 Å². The highest BCUT2D eigenvalue weighted by molar-refractivity contribution is 6.56. The molecule has 2 aliphatic rings. The van der Waals surface area contributed by atoms with Gasteiger partial charge in [-0.05, 0) is 66.5 Å². The van der Waals surface area contributed by atoms with Gasteiger partial charge in [-0.1, -0.05) is 78.9 Å². The average Bonchev–Trinajstić information content (AvgIpc) is 3.34. The molecule has 1 amide bonds. The van der Waals surface area contributed by atoms with Crippen LogP contribution < -0.4 is 5.32 Å². The van der Waals surface area contributed by atoms with Crippen molar-refractivity contribution in [2.45, 2.75) is 51.2 Å². The smallest absolute Gasteiger partial charge is 0.481 e. The highest BCUT2D eigenvalue weighted by Gasteiger charge is 2.52. The Labute approximate surface area is 235 Å². The fourth-order valence-corrected chi connectivity index (χ4v) is 5.22. The summed E-state index contributed by atoms with van der Waals surface area (Å²) in [5.74, 6) is -0.964. The van der Waals surface area contributed by atoms with E-state index in [2.05, 4.69) is 29.6 Å². The first kappa shape index (κ1) is 27.7. The number of alkyl carbamates (subject to hydrolysis) is 1. The fourth-order valence-electron chi connectivity index (χ4n) is 5.22. The number of carbonyl (C=O) groups is 2. The number of aliphatic carboxylic acids is 1. The zero-order chi connectivity index (χ0) is 28.5. The van der Waals surface area contributed by atoms with Crippen molar-refractivity contribution in [1.29, 1.82) is 0 Å². The van der Waals surface area contributed by atoms with E-state index in [1.54, 1.807) is 12.1 Å². The molecule has 5 rings (SSSR count). The molecule has 0 unspecified atom stereocenters. The second kappa shape index (κ2) is 10.9. The van der Waals surface area contributed by atoms with E-state index in [1.807, 2.05) is 70.2 Å². The Bertz CT molecular complexity index is 1400. The van der Waals surface area contributed by atoms with Gasteiger partial charge >= 0.3 is 19.2 Å². The molecular weight excluding hydrogens is 505 g/mol. The molecule has 1 fully saturated rings. The Kier molecular flexibility index (Phi) is 7.58. The largest absolute Gasteiger partial charge is 0.492 e. The van der Waals surface area contributed by atoms with Crippen LogP contribution in [-0.4, -0.2) is 48.6 Å². The monoisotopic (exact) mass is 539 g/mol. The number of carboxylic acids is 1. The third kappa shape index (κ3) is 5.55. The molecule has 206 valence electrons. The highest BCUT2D eigenvalue weighted by Crippen LogP contribution is 2.44. The van der Waals surface area contributed by atoms with Crippen molar-refractivity contribution < 1.29 is 28.7 Å². The van der Waals surface area contributed by atoms with Crippen LogP contribution in [0.5, 0.6) is 0 Å². The van der Waals surface area contributed by atoms with E-state index in [-0.39, 0.29) is 25.5 Å². The van der Waals surface area contributed by atoms with Crippen LogP contribution in [0, 0.1) is 0 Å². The van der Waals surface area contributed by atoms with Crippen molar-refractivity contribution in [3.05, 3.63) is 101 Å². The van der Waals surface area contributed by atoms with Gasteiger partial charge in [0.25, 0.3) is 0 Å². The molecule has 0 radical (unpaired) electrons. The summed E-state index contributed by atoms with van der Waals surface area (Å²) in [7, 11) is -0.725. The Morgan fingerprint density at radius 3 is 2.05 bits per heavy atom. The zero-order valence-electron chi connectivity index (χ0n) is 23.3. The lowest BCUT2D eigenvalue weighted by atomic mass is 9.76. The van der Waals surface area contributed by atoms with Crippen LogP contribution in [0.2, 0.25) is 0 Å². The molecule has 3 aromatic carbocycles. The first-order valence-corrected chi connectivity index (χ1v) is 13.5. The third-order valence-electron chi connectivity index (χ3n) is 8.07. The van der Waals surface area contributed by atoms with Gasteiger partial charge in [0.2, 0.25) is 0 Å². The number of hydrogen-bond donors (Lipinski definition) is 2. The highest BCUT2D eigenvalue weighted by atomic mass is 16.7. The predicted octanol–water partition coefficient (Wildman–Crippen LogP) is 5.87. The van der Waals surface area contributed by atoms with Crippen molar-refractivity contribution in [3.8, 4) is 11.1 Å². The van der Waals surface area contributed by atoms with Gasteiger partial charge in [0, 0.05) is 12.5 Å². The van der Waals surface area contributed by atoms with Crippen molar-refractivity contribution in [3.63, 3.8) is 0 Å². The van der Waals surface area contributed by atoms with E-state index < -0.39 is 30.4 Å². The molecule has 7 nitrogen and oxygen atoms in total. The summed E-state index contributed by atoms with van der Waals surface area (Å²) in [6.45, 7) is 8.15. The quantitative estimate of drug-likeness (QED) is 0.348. The number of fused-ring (bicyclic) bond motifs is 3. The molecule has 0 spiro atoms. The second-order valence-electron chi connectivity index (χ2n) is 11.3. The van der Waals surface area contributed by atoms with E-state index in [4.69, 9.17) is 14.0 Å². The van der Waals surface area contributed by atoms with Gasteiger partial charge in [-0.2, -0.15) is 0 Å². The minimum absolute atomic E-state index is 0.0424.